The van der Waals surface area contributed by atoms with E-state index < -0.39 is 5.97 Å². The average Bonchev–Trinajstić information content (AvgIpc) is 2.14. The average molecular weight is 211 g/mol. The van der Waals surface area contributed by atoms with Gasteiger partial charge in [-0.1, -0.05) is 11.6 Å². The second-order valence-electron chi connectivity index (χ2n) is 3.11. The van der Waals surface area contributed by atoms with Crippen LogP contribution in [0.2, 0.25) is 0 Å². The molecule has 0 heterocycles. The van der Waals surface area contributed by atoms with Crippen molar-refractivity contribution in [2.75, 3.05) is 13.2 Å². The molecule has 0 aromatic carbocycles. The zero-order valence-electron chi connectivity index (χ0n) is 9.37. The highest BCUT2D eigenvalue weighted by atomic mass is 16.5. The summed E-state index contributed by atoms with van der Waals surface area (Å²) in [6.07, 6.45) is 4.16. The Morgan fingerprint density at radius 2 is 1.93 bits per heavy atom. The Morgan fingerprint density at radius 3 is 2.47 bits per heavy atom. The lowest BCUT2D eigenvalue weighted by atomic mass is 10.3. The summed E-state index contributed by atoms with van der Waals surface area (Å²) < 4.78 is 4.62. The van der Waals surface area contributed by atoms with E-state index in [2.05, 4.69) is 10.1 Å². The van der Waals surface area contributed by atoms with Crippen LogP contribution < -0.4 is 5.32 Å². The number of carbonyl (C=O) groups excluding carboxylic acids is 2. The van der Waals surface area contributed by atoms with Gasteiger partial charge >= 0.3 is 5.97 Å². The summed E-state index contributed by atoms with van der Waals surface area (Å²) in [7, 11) is 0. The van der Waals surface area contributed by atoms with Gasteiger partial charge in [-0.3, -0.25) is 4.79 Å². The van der Waals surface area contributed by atoms with Crippen molar-refractivity contribution in [3.63, 3.8) is 0 Å². The lowest BCUT2D eigenvalue weighted by Gasteiger charge is -1.97. The summed E-state index contributed by atoms with van der Waals surface area (Å²) in [5.74, 6) is -0.810. The number of carbonyl (C=O) groups is 2. The first kappa shape index (κ1) is 13.4. The second kappa shape index (κ2) is 7.79. The number of rotatable bonds is 5. The maximum Gasteiger partial charge on any atom is 0.330 e. The zero-order valence-corrected chi connectivity index (χ0v) is 9.37. The van der Waals surface area contributed by atoms with Gasteiger partial charge < -0.3 is 10.1 Å². The number of hydrogen-bond acceptors (Lipinski definition) is 3. The lowest BCUT2D eigenvalue weighted by molar-refractivity contribution is -0.137. The topological polar surface area (TPSA) is 55.4 Å². The monoisotopic (exact) mass is 211 g/mol. The standard InChI is InChI=1S/C11H17NO3/c1-4-15-11(14)6-5-10(13)12-8-7-9(2)3/h5-7H,4,8H2,1-3H3,(H,12,13)/b6-5+. The van der Waals surface area contributed by atoms with Crippen molar-refractivity contribution >= 4 is 11.9 Å². The summed E-state index contributed by atoms with van der Waals surface area (Å²) >= 11 is 0. The third-order valence-corrected chi connectivity index (χ3v) is 1.44. The molecule has 4 nitrogen and oxygen atoms in total. The molecule has 0 atom stereocenters. The molecule has 1 N–H and O–H groups in total. The van der Waals surface area contributed by atoms with Crippen molar-refractivity contribution < 1.29 is 14.3 Å². The number of esters is 1. The van der Waals surface area contributed by atoms with Crippen LogP contribution in [0.15, 0.2) is 23.8 Å². The van der Waals surface area contributed by atoms with Gasteiger partial charge in [-0.05, 0) is 20.8 Å². The van der Waals surface area contributed by atoms with E-state index in [0.717, 1.165) is 17.7 Å². The van der Waals surface area contributed by atoms with Crippen LogP contribution in [0.25, 0.3) is 0 Å². The highest BCUT2D eigenvalue weighted by Gasteiger charge is 1.96. The van der Waals surface area contributed by atoms with Crippen LogP contribution in [0.4, 0.5) is 0 Å². The van der Waals surface area contributed by atoms with Crippen LogP contribution in [0.3, 0.4) is 0 Å². The van der Waals surface area contributed by atoms with Gasteiger partial charge in [0.15, 0.2) is 0 Å². The summed E-state index contributed by atoms with van der Waals surface area (Å²) in [4.78, 5) is 21.9. The van der Waals surface area contributed by atoms with E-state index in [-0.39, 0.29) is 5.91 Å². The van der Waals surface area contributed by atoms with Gasteiger partial charge in [-0.25, -0.2) is 4.79 Å². The molecule has 0 aromatic rings. The number of ether oxygens (including phenoxy) is 1. The van der Waals surface area contributed by atoms with E-state index in [1.54, 1.807) is 6.92 Å². The Bertz CT molecular complexity index is 276. The van der Waals surface area contributed by atoms with E-state index in [0.29, 0.717) is 13.2 Å². The van der Waals surface area contributed by atoms with Crippen LogP contribution >= 0.6 is 0 Å². The van der Waals surface area contributed by atoms with E-state index in [1.807, 2.05) is 19.9 Å². The molecule has 1 amide bonds. The molecular formula is C11H17NO3. The van der Waals surface area contributed by atoms with Crippen LogP contribution in [-0.4, -0.2) is 25.0 Å². The Balaban J connectivity index is 3.83. The van der Waals surface area contributed by atoms with Crippen molar-refractivity contribution in [1.82, 2.24) is 5.32 Å². The smallest absolute Gasteiger partial charge is 0.330 e. The van der Waals surface area contributed by atoms with Gasteiger partial charge in [0.05, 0.1) is 6.61 Å². The SMILES string of the molecule is CCOC(=O)/C=C/C(=O)NCC=C(C)C. The van der Waals surface area contributed by atoms with Crippen LogP contribution in [0.5, 0.6) is 0 Å². The summed E-state index contributed by atoms with van der Waals surface area (Å²) in [5.41, 5.74) is 1.13. The summed E-state index contributed by atoms with van der Waals surface area (Å²) in [6, 6.07) is 0. The van der Waals surface area contributed by atoms with Crippen LogP contribution in [0.1, 0.15) is 20.8 Å². The molecule has 0 saturated carbocycles. The molecule has 15 heavy (non-hydrogen) atoms. The zero-order chi connectivity index (χ0) is 11.7. The molecular weight excluding hydrogens is 194 g/mol. The minimum Gasteiger partial charge on any atom is -0.463 e. The first-order valence-corrected chi connectivity index (χ1v) is 4.82. The first-order chi connectivity index (χ1) is 7.06. The Kier molecular flexibility index (Phi) is 6.97. The van der Waals surface area contributed by atoms with Crippen LogP contribution in [0, 0.1) is 0 Å². The predicted octanol–water partition coefficient (Wildman–Crippen LogP) is 1.19. The quantitative estimate of drug-likeness (QED) is 0.422. The number of amides is 1. The Morgan fingerprint density at radius 1 is 1.27 bits per heavy atom. The molecule has 84 valence electrons. The molecule has 0 aromatic heterocycles. The predicted molar refractivity (Wildman–Crippen MR) is 58.2 cm³/mol. The van der Waals surface area contributed by atoms with Gasteiger partial charge in [0.2, 0.25) is 5.91 Å². The van der Waals surface area contributed by atoms with Crippen LogP contribution in [-0.2, 0) is 14.3 Å². The minimum atomic E-state index is -0.505. The molecule has 0 saturated heterocycles. The highest BCUT2D eigenvalue weighted by Crippen LogP contribution is 1.86. The largest absolute Gasteiger partial charge is 0.463 e. The molecule has 0 unspecified atom stereocenters. The molecule has 4 heteroatoms. The molecule has 0 rings (SSSR count). The lowest BCUT2D eigenvalue weighted by Crippen LogP contribution is -2.21. The minimum absolute atomic E-state index is 0.305. The van der Waals surface area contributed by atoms with E-state index in [9.17, 15) is 9.59 Å². The van der Waals surface area contributed by atoms with Gasteiger partial charge in [0.1, 0.15) is 0 Å². The fourth-order valence-electron chi connectivity index (χ4n) is 0.749. The second-order valence-corrected chi connectivity index (χ2v) is 3.11. The first-order valence-electron chi connectivity index (χ1n) is 4.82. The Labute approximate surface area is 90.0 Å². The van der Waals surface area contributed by atoms with Gasteiger partial charge in [-0.15, -0.1) is 0 Å². The molecule has 0 radical (unpaired) electrons. The van der Waals surface area contributed by atoms with E-state index in [4.69, 9.17) is 0 Å². The number of allylic oxidation sites excluding steroid dienone is 1. The molecule has 0 aliphatic rings. The van der Waals surface area contributed by atoms with E-state index >= 15 is 0 Å². The fraction of sp³-hybridized carbons (Fsp3) is 0.455. The molecule has 0 spiro atoms. The highest BCUT2D eigenvalue weighted by molar-refractivity contribution is 5.94. The number of nitrogens with one attached hydrogen (secondary N) is 1. The third-order valence-electron chi connectivity index (χ3n) is 1.44. The summed E-state index contributed by atoms with van der Waals surface area (Å²) in [6.45, 7) is 6.37. The number of hydrogen-bond donors (Lipinski definition) is 1. The van der Waals surface area contributed by atoms with Crippen molar-refractivity contribution in [2.45, 2.75) is 20.8 Å². The van der Waals surface area contributed by atoms with Gasteiger partial charge in [0, 0.05) is 18.7 Å². The molecule has 0 bridgehead atoms. The van der Waals surface area contributed by atoms with E-state index in [1.165, 1.54) is 0 Å². The Hall–Kier alpha value is -1.58. The summed E-state index contributed by atoms with van der Waals surface area (Å²) in [5, 5.41) is 2.60. The molecule has 0 aliphatic carbocycles. The molecule has 0 aliphatic heterocycles. The fourth-order valence-corrected chi connectivity index (χ4v) is 0.749. The van der Waals surface area contributed by atoms with Gasteiger partial charge in [0.25, 0.3) is 0 Å². The normalized spacial score (nSPS) is 9.80. The maximum absolute atomic E-state index is 11.1. The molecule has 0 fully saturated rings. The third kappa shape index (κ3) is 8.74. The van der Waals surface area contributed by atoms with Crippen molar-refractivity contribution in [3.05, 3.63) is 23.8 Å². The maximum atomic E-state index is 11.1. The van der Waals surface area contributed by atoms with Crippen molar-refractivity contribution in [1.29, 1.82) is 0 Å². The van der Waals surface area contributed by atoms with Crippen molar-refractivity contribution in [3.8, 4) is 0 Å². The van der Waals surface area contributed by atoms with Crippen molar-refractivity contribution in [2.24, 2.45) is 0 Å². The van der Waals surface area contributed by atoms with Gasteiger partial charge in [-0.2, -0.15) is 0 Å².